The highest BCUT2D eigenvalue weighted by atomic mass is 16.7. The van der Waals surface area contributed by atoms with Crippen molar-refractivity contribution in [3.8, 4) is 5.75 Å². The van der Waals surface area contributed by atoms with E-state index in [1.54, 1.807) is 12.1 Å². The van der Waals surface area contributed by atoms with Crippen LogP contribution in [0.1, 0.15) is 74.7 Å². The molecule has 1 saturated heterocycles. The first-order chi connectivity index (χ1) is 19.9. The first kappa shape index (κ1) is 30.6. The molecule has 1 unspecified atom stereocenters. The van der Waals surface area contributed by atoms with Crippen molar-refractivity contribution in [1.82, 2.24) is 10.2 Å². The summed E-state index contributed by atoms with van der Waals surface area (Å²) in [5.74, 6) is 1.08. The molecule has 8 heteroatoms. The van der Waals surface area contributed by atoms with Crippen LogP contribution in [0.2, 0.25) is 0 Å². The van der Waals surface area contributed by atoms with Crippen LogP contribution in [0.25, 0.3) is 0 Å². The van der Waals surface area contributed by atoms with Gasteiger partial charge in [-0.05, 0) is 82.4 Å². The fraction of sp³-hybridized carbons (Fsp3) is 0.515. The van der Waals surface area contributed by atoms with Gasteiger partial charge in [0.1, 0.15) is 18.1 Å². The van der Waals surface area contributed by atoms with E-state index in [1.165, 1.54) is 6.26 Å². The summed E-state index contributed by atoms with van der Waals surface area (Å²) in [6.45, 7) is 6.38. The van der Waals surface area contributed by atoms with Crippen molar-refractivity contribution < 1.29 is 28.9 Å². The Labute approximate surface area is 243 Å². The third kappa shape index (κ3) is 9.90. The predicted octanol–water partition coefficient (Wildman–Crippen LogP) is 5.01. The quantitative estimate of drug-likeness (QED) is 0.219. The lowest BCUT2D eigenvalue weighted by molar-refractivity contribution is -0.123. The van der Waals surface area contributed by atoms with Crippen molar-refractivity contribution in [3.63, 3.8) is 0 Å². The number of carbonyl (C=O) groups excluding carboxylic acids is 2. The summed E-state index contributed by atoms with van der Waals surface area (Å²) in [4.78, 5) is 27.7. The number of hydrogen-bond acceptors (Lipinski definition) is 7. The number of ketones is 1. The molecule has 3 atom stereocenters. The van der Waals surface area contributed by atoms with Crippen molar-refractivity contribution in [3.05, 3.63) is 77.7 Å². The van der Waals surface area contributed by atoms with E-state index in [-0.39, 0.29) is 17.8 Å². The molecule has 2 aliphatic rings. The van der Waals surface area contributed by atoms with Crippen molar-refractivity contribution >= 4 is 11.7 Å². The van der Waals surface area contributed by atoms with Gasteiger partial charge in [-0.15, -0.1) is 0 Å². The number of benzene rings is 2. The Hall–Kier alpha value is -3.36. The molecular formula is C33H44N2O6. The Balaban J connectivity index is 1.20. The van der Waals surface area contributed by atoms with Crippen LogP contribution in [0, 0.1) is 0 Å². The molecule has 0 spiro atoms. The zero-order valence-electron chi connectivity index (χ0n) is 24.3. The van der Waals surface area contributed by atoms with Crippen LogP contribution in [-0.2, 0) is 20.7 Å². The minimum Gasteiger partial charge on any atom is -0.491 e. The summed E-state index contributed by atoms with van der Waals surface area (Å²) in [6, 6.07) is 16.7. The Morgan fingerprint density at radius 1 is 1.00 bits per heavy atom. The van der Waals surface area contributed by atoms with Gasteiger partial charge in [0, 0.05) is 31.4 Å². The standard InChI is InChI=1S/C33H44N2O6/c1-24(2)40-27-17-15-26(16-18-27)29(36)13-7-4-8-14-31(37)34-28(22-35-19-9-10-20-35)33(38)30-23-39-32(41-30)21-25-11-5-3-6-12-25/h3,5-6,11-12,15-18,23-24,28,32-33,38H,4,7-10,13-14,19-22H2,1-2H3,(H,34,37)/t28-,32?,33-/m1/s1. The van der Waals surface area contributed by atoms with E-state index in [0.717, 1.165) is 50.1 Å². The number of aliphatic hydroxyl groups excluding tert-OH is 1. The molecule has 0 aliphatic carbocycles. The number of amides is 1. The number of carbonyl (C=O) groups is 2. The second kappa shape index (κ2) is 15.6. The number of Topliss-reactive ketones (excluding diaryl/α,β-unsaturated/α-hetero) is 1. The number of hydrogen-bond donors (Lipinski definition) is 2. The molecule has 8 nitrogen and oxygen atoms in total. The summed E-state index contributed by atoms with van der Waals surface area (Å²) in [6.07, 6.45) is 5.81. The van der Waals surface area contributed by atoms with E-state index < -0.39 is 18.4 Å². The molecule has 2 heterocycles. The van der Waals surface area contributed by atoms with E-state index in [1.807, 2.05) is 56.3 Å². The van der Waals surface area contributed by atoms with Crippen LogP contribution in [-0.4, -0.2) is 65.9 Å². The summed E-state index contributed by atoms with van der Waals surface area (Å²) in [7, 11) is 0. The first-order valence-electron chi connectivity index (χ1n) is 14.9. The molecule has 1 fully saturated rings. The maximum atomic E-state index is 12.9. The number of nitrogens with zero attached hydrogens (tertiary/aromatic N) is 1. The van der Waals surface area contributed by atoms with Crippen LogP contribution in [0.3, 0.4) is 0 Å². The number of ether oxygens (including phenoxy) is 3. The molecule has 2 aromatic rings. The summed E-state index contributed by atoms with van der Waals surface area (Å²) in [5, 5.41) is 14.2. The number of aliphatic hydroxyl groups is 1. The van der Waals surface area contributed by atoms with E-state index in [9.17, 15) is 14.7 Å². The Bertz CT molecular complexity index is 1130. The van der Waals surface area contributed by atoms with Gasteiger partial charge in [0.25, 0.3) is 0 Å². The van der Waals surface area contributed by atoms with E-state index >= 15 is 0 Å². The number of unbranched alkanes of at least 4 members (excludes halogenated alkanes) is 2. The highest BCUT2D eigenvalue weighted by molar-refractivity contribution is 5.96. The van der Waals surface area contributed by atoms with Gasteiger partial charge in [0.2, 0.25) is 12.2 Å². The minimum atomic E-state index is -1.00. The third-order valence-corrected chi connectivity index (χ3v) is 7.38. The molecule has 2 N–H and O–H groups in total. The van der Waals surface area contributed by atoms with Crippen molar-refractivity contribution in [2.45, 2.75) is 89.8 Å². The molecule has 222 valence electrons. The summed E-state index contributed by atoms with van der Waals surface area (Å²) >= 11 is 0. The van der Waals surface area contributed by atoms with E-state index in [0.29, 0.717) is 43.6 Å². The maximum absolute atomic E-state index is 12.9. The Morgan fingerprint density at radius 3 is 2.41 bits per heavy atom. The number of nitrogens with one attached hydrogen (secondary N) is 1. The third-order valence-electron chi connectivity index (χ3n) is 7.38. The molecule has 0 aromatic heterocycles. The second-order valence-electron chi connectivity index (χ2n) is 11.2. The van der Waals surface area contributed by atoms with E-state index in [4.69, 9.17) is 14.2 Å². The molecule has 2 aliphatic heterocycles. The summed E-state index contributed by atoms with van der Waals surface area (Å²) in [5.41, 5.74) is 1.76. The van der Waals surface area contributed by atoms with E-state index in [2.05, 4.69) is 10.2 Å². The number of likely N-dealkylation sites (tertiary alicyclic amines) is 1. The molecule has 41 heavy (non-hydrogen) atoms. The lowest BCUT2D eigenvalue weighted by Gasteiger charge is -2.28. The lowest BCUT2D eigenvalue weighted by Crippen LogP contribution is -2.50. The fourth-order valence-electron chi connectivity index (χ4n) is 5.21. The monoisotopic (exact) mass is 564 g/mol. The largest absolute Gasteiger partial charge is 0.491 e. The van der Waals surface area contributed by atoms with Gasteiger partial charge in [-0.25, -0.2) is 0 Å². The smallest absolute Gasteiger partial charge is 0.244 e. The van der Waals surface area contributed by atoms with Crippen molar-refractivity contribution in [2.24, 2.45) is 0 Å². The normalized spacial score (nSPS) is 18.3. The van der Waals surface area contributed by atoms with Gasteiger partial charge >= 0.3 is 0 Å². The lowest BCUT2D eigenvalue weighted by atomic mass is 10.0. The molecule has 0 radical (unpaired) electrons. The highest BCUT2D eigenvalue weighted by Gasteiger charge is 2.33. The van der Waals surface area contributed by atoms with Gasteiger partial charge in [-0.2, -0.15) is 0 Å². The molecule has 0 bridgehead atoms. The second-order valence-corrected chi connectivity index (χ2v) is 11.2. The van der Waals surface area contributed by atoms with Crippen molar-refractivity contribution in [2.75, 3.05) is 19.6 Å². The van der Waals surface area contributed by atoms with Gasteiger partial charge in [0.15, 0.2) is 11.5 Å². The molecule has 1 amide bonds. The maximum Gasteiger partial charge on any atom is 0.244 e. The van der Waals surface area contributed by atoms with Gasteiger partial charge < -0.3 is 29.5 Å². The van der Waals surface area contributed by atoms with Crippen LogP contribution in [0.4, 0.5) is 0 Å². The molecule has 2 aromatic carbocycles. The topological polar surface area (TPSA) is 97.3 Å². The summed E-state index contributed by atoms with van der Waals surface area (Å²) < 4.78 is 17.2. The molecule has 4 rings (SSSR count). The predicted molar refractivity (Wildman–Crippen MR) is 157 cm³/mol. The highest BCUT2D eigenvalue weighted by Crippen LogP contribution is 2.23. The van der Waals surface area contributed by atoms with Crippen LogP contribution < -0.4 is 10.1 Å². The van der Waals surface area contributed by atoms with Gasteiger partial charge in [-0.1, -0.05) is 36.8 Å². The average Bonchev–Trinajstić information content (AvgIpc) is 3.65. The zero-order chi connectivity index (χ0) is 29.0. The van der Waals surface area contributed by atoms with Crippen molar-refractivity contribution in [1.29, 1.82) is 0 Å². The van der Waals surface area contributed by atoms with Gasteiger partial charge in [-0.3, -0.25) is 9.59 Å². The molecule has 0 saturated carbocycles. The fourth-order valence-corrected chi connectivity index (χ4v) is 5.21. The molecular weight excluding hydrogens is 520 g/mol. The van der Waals surface area contributed by atoms with Crippen LogP contribution in [0.15, 0.2) is 66.6 Å². The Morgan fingerprint density at radius 2 is 1.71 bits per heavy atom. The Kier molecular flexibility index (Phi) is 11.6. The van der Waals surface area contributed by atoms with Crippen LogP contribution in [0.5, 0.6) is 5.75 Å². The van der Waals surface area contributed by atoms with Gasteiger partial charge in [0.05, 0.1) is 12.1 Å². The zero-order valence-corrected chi connectivity index (χ0v) is 24.3. The SMILES string of the molecule is CC(C)Oc1ccc(C(=O)CCCCCC(=O)N[C@H](CN2CCCC2)[C@@H](O)C2=COC(Cc3ccccc3)O2)cc1. The first-order valence-corrected chi connectivity index (χ1v) is 14.9. The van der Waals surface area contributed by atoms with Crippen LogP contribution >= 0.6 is 0 Å². The average molecular weight is 565 g/mol. The minimum absolute atomic E-state index is 0.0898. The number of rotatable bonds is 16.